The van der Waals surface area contributed by atoms with E-state index >= 15 is 0 Å². The van der Waals surface area contributed by atoms with Gasteiger partial charge in [0.2, 0.25) is 0 Å². The first-order valence-electron chi connectivity index (χ1n) is 7.88. The van der Waals surface area contributed by atoms with Crippen molar-refractivity contribution in [2.24, 2.45) is 0 Å². The van der Waals surface area contributed by atoms with Crippen molar-refractivity contribution in [3.63, 3.8) is 0 Å². The number of carbonyl (C=O) groups is 1. The third-order valence-electron chi connectivity index (χ3n) is 4.01. The van der Waals surface area contributed by atoms with Crippen LogP contribution in [0.2, 0.25) is 0 Å². The highest BCUT2D eigenvalue weighted by atomic mass is 16.7. The molecule has 7 heteroatoms. The molecule has 0 unspecified atom stereocenters. The van der Waals surface area contributed by atoms with Crippen LogP contribution in [-0.4, -0.2) is 47.7 Å². The van der Waals surface area contributed by atoms with E-state index in [9.17, 15) is 4.79 Å². The zero-order valence-electron chi connectivity index (χ0n) is 14.4. The first-order valence-corrected chi connectivity index (χ1v) is 7.88. The second-order valence-corrected chi connectivity index (χ2v) is 5.53. The number of fused-ring (bicyclic) bond motifs is 1. The Hall–Kier alpha value is -2.77. The Morgan fingerprint density at radius 3 is 2.72 bits per heavy atom. The van der Waals surface area contributed by atoms with Gasteiger partial charge in [-0.1, -0.05) is 18.2 Å². The maximum atomic E-state index is 12.4. The van der Waals surface area contributed by atoms with Gasteiger partial charge in [0.05, 0.1) is 29.5 Å². The standard InChI is InChI=1S/C18H20N4O3/c1-12-14(18(23)19-11-17(24-2)25-3)10-20-22(12)16-9-8-13-6-4-5-7-15(13)21-16/h4-10,17H,11H2,1-3H3,(H,19,23). The highest BCUT2D eigenvalue weighted by Crippen LogP contribution is 2.17. The molecule has 1 amide bonds. The number of amides is 1. The smallest absolute Gasteiger partial charge is 0.254 e. The summed E-state index contributed by atoms with van der Waals surface area (Å²) < 4.78 is 11.8. The van der Waals surface area contributed by atoms with Gasteiger partial charge in [0, 0.05) is 19.6 Å². The van der Waals surface area contributed by atoms with Crippen LogP contribution >= 0.6 is 0 Å². The summed E-state index contributed by atoms with van der Waals surface area (Å²) in [4.78, 5) is 17.0. The van der Waals surface area contributed by atoms with E-state index < -0.39 is 6.29 Å². The van der Waals surface area contributed by atoms with Crippen LogP contribution in [0.15, 0.2) is 42.6 Å². The van der Waals surface area contributed by atoms with Crippen LogP contribution in [-0.2, 0) is 9.47 Å². The fourth-order valence-electron chi connectivity index (χ4n) is 2.57. The largest absolute Gasteiger partial charge is 0.354 e. The molecule has 2 heterocycles. The number of aromatic nitrogens is 3. The minimum Gasteiger partial charge on any atom is -0.354 e. The zero-order chi connectivity index (χ0) is 17.8. The SMILES string of the molecule is COC(CNC(=O)c1cnn(-c2ccc3ccccc3n2)c1C)OC. The average Bonchev–Trinajstić information content (AvgIpc) is 3.03. The van der Waals surface area contributed by atoms with Gasteiger partial charge in [-0.2, -0.15) is 5.10 Å². The molecule has 0 saturated carbocycles. The topological polar surface area (TPSA) is 78.3 Å². The number of hydrogen-bond acceptors (Lipinski definition) is 5. The van der Waals surface area contributed by atoms with E-state index in [2.05, 4.69) is 15.4 Å². The molecular formula is C18H20N4O3. The van der Waals surface area contributed by atoms with Crippen LogP contribution in [0.1, 0.15) is 16.1 Å². The molecule has 0 atom stereocenters. The van der Waals surface area contributed by atoms with E-state index in [1.807, 2.05) is 43.3 Å². The Morgan fingerprint density at radius 2 is 1.96 bits per heavy atom. The number of ether oxygens (including phenoxy) is 2. The van der Waals surface area contributed by atoms with Gasteiger partial charge in [0.25, 0.3) is 5.91 Å². The van der Waals surface area contributed by atoms with E-state index in [1.54, 1.807) is 4.68 Å². The van der Waals surface area contributed by atoms with Crippen molar-refractivity contribution in [2.45, 2.75) is 13.2 Å². The number of pyridine rings is 1. The fourth-order valence-corrected chi connectivity index (χ4v) is 2.57. The average molecular weight is 340 g/mol. The molecule has 1 aromatic carbocycles. The Kier molecular flexibility index (Phi) is 5.06. The highest BCUT2D eigenvalue weighted by Gasteiger charge is 2.17. The van der Waals surface area contributed by atoms with E-state index in [0.29, 0.717) is 17.1 Å². The van der Waals surface area contributed by atoms with Gasteiger partial charge < -0.3 is 14.8 Å². The van der Waals surface area contributed by atoms with Gasteiger partial charge in [0.15, 0.2) is 12.1 Å². The van der Waals surface area contributed by atoms with Crippen molar-refractivity contribution in [1.82, 2.24) is 20.1 Å². The summed E-state index contributed by atoms with van der Waals surface area (Å²) in [7, 11) is 3.05. The molecule has 3 rings (SSSR count). The molecule has 0 saturated heterocycles. The van der Waals surface area contributed by atoms with E-state index in [-0.39, 0.29) is 12.5 Å². The number of nitrogens with zero attached hydrogens (tertiary/aromatic N) is 3. The molecular weight excluding hydrogens is 320 g/mol. The molecule has 7 nitrogen and oxygen atoms in total. The van der Waals surface area contributed by atoms with Crippen molar-refractivity contribution in [3.05, 3.63) is 53.9 Å². The third kappa shape index (κ3) is 3.52. The van der Waals surface area contributed by atoms with Crippen LogP contribution in [0.25, 0.3) is 16.7 Å². The molecule has 0 fully saturated rings. The summed E-state index contributed by atoms with van der Waals surface area (Å²) in [6.07, 6.45) is 1.05. The van der Waals surface area contributed by atoms with Crippen LogP contribution in [0.5, 0.6) is 0 Å². The van der Waals surface area contributed by atoms with Gasteiger partial charge in [0.1, 0.15) is 0 Å². The monoisotopic (exact) mass is 340 g/mol. The number of para-hydroxylation sites is 1. The third-order valence-corrected chi connectivity index (χ3v) is 4.01. The quantitative estimate of drug-likeness (QED) is 0.695. The first kappa shape index (κ1) is 17.1. The number of hydrogen-bond donors (Lipinski definition) is 1. The Bertz CT molecular complexity index is 887. The minimum atomic E-state index is -0.485. The molecule has 0 radical (unpaired) electrons. The maximum absolute atomic E-state index is 12.4. The molecule has 130 valence electrons. The Labute approximate surface area is 145 Å². The van der Waals surface area contributed by atoms with E-state index in [4.69, 9.17) is 9.47 Å². The Balaban J connectivity index is 1.83. The minimum absolute atomic E-state index is 0.233. The molecule has 1 N–H and O–H groups in total. The van der Waals surface area contributed by atoms with E-state index in [1.165, 1.54) is 20.4 Å². The van der Waals surface area contributed by atoms with E-state index in [0.717, 1.165) is 10.9 Å². The van der Waals surface area contributed by atoms with Crippen molar-refractivity contribution in [2.75, 3.05) is 20.8 Å². The summed E-state index contributed by atoms with van der Waals surface area (Å²) in [6.45, 7) is 2.09. The lowest BCUT2D eigenvalue weighted by Crippen LogP contribution is -2.34. The number of rotatable bonds is 6. The van der Waals surface area contributed by atoms with Crippen LogP contribution in [0.4, 0.5) is 0 Å². The van der Waals surface area contributed by atoms with Crippen molar-refractivity contribution < 1.29 is 14.3 Å². The number of nitrogens with one attached hydrogen (secondary N) is 1. The van der Waals surface area contributed by atoms with Gasteiger partial charge in [-0.05, 0) is 25.1 Å². The van der Waals surface area contributed by atoms with Gasteiger partial charge in [-0.15, -0.1) is 0 Å². The molecule has 0 aliphatic carbocycles. The molecule has 0 bridgehead atoms. The first-order chi connectivity index (χ1) is 12.1. The normalized spacial score (nSPS) is 11.2. The summed E-state index contributed by atoms with van der Waals surface area (Å²) in [5.74, 6) is 0.436. The van der Waals surface area contributed by atoms with Crippen molar-refractivity contribution >= 4 is 16.8 Å². The fraction of sp³-hybridized carbons (Fsp3) is 0.278. The zero-order valence-corrected chi connectivity index (χ0v) is 14.4. The lowest BCUT2D eigenvalue weighted by Gasteiger charge is -2.13. The summed E-state index contributed by atoms with van der Waals surface area (Å²) >= 11 is 0. The second kappa shape index (κ2) is 7.42. The summed E-state index contributed by atoms with van der Waals surface area (Å²) in [5.41, 5.74) is 2.08. The van der Waals surface area contributed by atoms with Gasteiger partial charge in [-0.3, -0.25) is 4.79 Å². The van der Waals surface area contributed by atoms with Gasteiger partial charge in [-0.25, -0.2) is 9.67 Å². The van der Waals surface area contributed by atoms with Crippen LogP contribution in [0, 0.1) is 6.92 Å². The van der Waals surface area contributed by atoms with Gasteiger partial charge >= 0.3 is 0 Å². The second-order valence-electron chi connectivity index (χ2n) is 5.53. The van der Waals surface area contributed by atoms with Crippen LogP contribution < -0.4 is 5.32 Å². The summed E-state index contributed by atoms with van der Waals surface area (Å²) in [6, 6.07) is 11.7. The number of benzene rings is 1. The van der Waals surface area contributed by atoms with Crippen LogP contribution in [0.3, 0.4) is 0 Å². The lowest BCUT2D eigenvalue weighted by atomic mass is 10.2. The molecule has 25 heavy (non-hydrogen) atoms. The highest BCUT2D eigenvalue weighted by molar-refractivity contribution is 5.95. The summed E-state index contributed by atoms with van der Waals surface area (Å²) in [5, 5.41) is 8.14. The molecule has 2 aromatic heterocycles. The van der Waals surface area contributed by atoms with Crippen molar-refractivity contribution in [1.29, 1.82) is 0 Å². The van der Waals surface area contributed by atoms with Crippen molar-refractivity contribution in [3.8, 4) is 5.82 Å². The Morgan fingerprint density at radius 1 is 1.20 bits per heavy atom. The number of methoxy groups -OCH3 is 2. The molecule has 0 aliphatic rings. The lowest BCUT2D eigenvalue weighted by molar-refractivity contribution is -0.0974. The maximum Gasteiger partial charge on any atom is 0.254 e. The molecule has 0 spiro atoms. The predicted octanol–water partition coefficient (Wildman–Crippen LogP) is 2.08. The number of carbonyl (C=O) groups excluding carboxylic acids is 1. The molecule has 0 aliphatic heterocycles. The molecule has 3 aromatic rings. The predicted molar refractivity (Wildman–Crippen MR) is 93.7 cm³/mol.